The molecular formula is C12H16F2O. The first-order valence-corrected chi connectivity index (χ1v) is 5.06. The maximum atomic E-state index is 13.6. The topological polar surface area (TPSA) is 20.2 Å². The molecule has 1 rings (SSSR count). The van der Waals surface area contributed by atoms with Crippen molar-refractivity contribution in [2.75, 3.05) is 0 Å². The van der Waals surface area contributed by atoms with Crippen LogP contribution in [0.1, 0.15) is 37.5 Å². The summed E-state index contributed by atoms with van der Waals surface area (Å²) in [6, 6.07) is 2.56. The summed E-state index contributed by atoms with van der Waals surface area (Å²) >= 11 is 0. The molecule has 0 spiro atoms. The highest BCUT2D eigenvalue weighted by molar-refractivity contribution is 5.28. The van der Waals surface area contributed by atoms with Crippen molar-refractivity contribution in [2.24, 2.45) is 5.92 Å². The summed E-state index contributed by atoms with van der Waals surface area (Å²) in [7, 11) is 0. The van der Waals surface area contributed by atoms with E-state index >= 15 is 0 Å². The Hall–Kier alpha value is -0.960. The monoisotopic (exact) mass is 214 g/mol. The summed E-state index contributed by atoms with van der Waals surface area (Å²) in [5.74, 6) is -1.12. The summed E-state index contributed by atoms with van der Waals surface area (Å²) in [5.41, 5.74) is 0.151. The SMILES string of the molecule is Cc1ccc(F)c(C(O)CC(C)C)c1F. The van der Waals surface area contributed by atoms with Crippen LogP contribution in [0.3, 0.4) is 0 Å². The van der Waals surface area contributed by atoms with Crippen molar-refractivity contribution in [3.05, 3.63) is 34.9 Å². The minimum absolute atomic E-state index is 0.194. The molecule has 1 aromatic rings. The van der Waals surface area contributed by atoms with E-state index in [1.165, 1.54) is 12.1 Å². The van der Waals surface area contributed by atoms with Gasteiger partial charge in [-0.3, -0.25) is 0 Å². The molecule has 0 aliphatic carbocycles. The number of aliphatic hydroxyl groups excluding tert-OH is 1. The number of hydrogen-bond acceptors (Lipinski definition) is 1. The maximum absolute atomic E-state index is 13.6. The van der Waals surface area contributed by atoms with Gasteiger partial charge in [-0.2, -0.15) is 0 Å². The van der Waals surface area contributed by atoms with E-state index in [0.29, 0.717) is 12.0 Å². The lowest BCUT2D eigenvalue weighted by Crippen LogP contribution is -2.08. The predicted octanol–water partition coefficient (Wildman–Crippen LogP) is 3.35. The molecule has 1 N–H and O–H groups in total. The zero-order valence-corrected chi connectivity index (χ0v) is 9.22. The van der Waals surface area contributed by atoms with Crippen LogP contribution in [0.4, 0.5) is 8.78 Å². The van der Waals surface area contributed by atoms with Crippen LogP contribution in [-0.4, -0.2) is 5.11 Å². The summed E-state index contributed by atoms with van der Waals surface area (Å²) in [5, 5.41) is 9.70. The Morgan fingerprint density at radius 1 is 1.27 bits per heavy atom. The van der Waals surface area contributed by atoms with Crippen molar-refractivity contribution in [3.8, 4) is 0 Å². The number of halogens is 2. The Kier molecular flexibility index (Phi) is 3.80. The fourth-order valence-corrected chi connectivity index (χ4v) is 1.55. The predicted molar refractivity (Wildman–Crippen MR) is 55.5 cm³/mol. The molecular weight excluding hydrogens is 198 g/mol. The van der Waals surface area contributed by atoms with Crippen molar-refractivity contribution < 1.29 is 13.9 Å². The molecule has 0 aliphatic rings. The highest BCUT2D eigenvalue weighted by atomic mass is 19.1. The molecule has 0 saturated carbocycles. The fraction of sp³-hybridized carbons (Fsp3) is 0.500. The lowest BCUT2D eigenvalue weighted by atomic mass is 9.97. The van der Waals surface area contributed by atoms with E-state index < -0.39 is 17.7 Å². The highest BCUT2D eigenvalue weighted by Gasteiger charge is 2.20. The average molecular weight is 214 g/mol. The smallest absolute Gasteiger partial charge is 0.134 e. The molecule has 0 heterocycles. The standard InChI is InChI=1S/C12H16F2O/c1-7(2)6-10(15)11-9(13)5-4-8(3)12(11)14/h4-5,7,10,15H,6H2,1-3H3. The van der Waals surface area contributed by atoms with Gasteiger partial charge in [0, 0.05) is 0 Å². The van der Waals surface area contributed by atoms with Gasteiger partial charge in [-0.15, -0.1) is 0 Å². The van der Waals surface area contributed by atoms with Crippen molar-refractivity contribution >= 4 is 0 Å². The molecule has 0 bridgehead atoms. The van der Waals surface area contributed by atoms with Crippen LogP contribution in [0, 0.1) is 24.5 Å². The number of rotatable bonds is 3. The maximum Gasteiger partial charge on any atom is 0.134 e. The minimum Gasteiger partial charge on any atom is -0.388 e. The molecule has 1 nitrogen and oxygen atoms in total. The van der Waals surface area contributed by atoms with Crippen molar-refractivity contribution in [2.45, 2.75) is 33.3 Å². The van der Waals surface area contributed by atoms with Crippen LogP contribution >= 0.6 is 0 Å². The molecule has 0 fully saturated rings. The first-order chi connectivity index (χ1) is 6.93. The lowest BCUT2D eigenvalue weighted by molar-refractivity contribution is 0.142. The van der Waals surface area contributed by atoms with E-state index in [4.69, 9.17) is 0 Å². The van der Waals surface area contributed by atoms with Crippen LogP contribution in [0.15, 0.2) is 12.1 Å². The summed E-state index contributed by atoms with van der Waals surface area (Å²) < 4.78 is 26.9. The van der Waals surface area contributed by atoms with Gasteiger partial charge in [-0.1, -0.05) is 19.9 Å². The van der Waals surface area contributed by atoms with Crippen LogP contribution in [0.2, 0.25) is 0 Å². The molecule has 0 aliphatic heterocycles. The normalized spacial score (nSPS) is 13.3. The summed E-state index contributed by atoms with van der Waals surface area (Å²) in [4.78, 5) is 0. The fourth-order valence-electron chi connectivity index (χ4n) is 1.55. The van der Waals surface area contributed by atoms with Crippen molar-refractivity contribution in [3.63, 3.8) is 0 Å². The Balaban J connectivity index is 3.07. The summed E-state index contributed by atoms with van der Waals surface area (Å²) in [6.07, 6.45) is -0.706. The van der Waals surface area contributed by atoms with Gasteiger partial charge in [0.1, 0.15) is 11.6 Å². The van der Waals surface area contributed by atoms with Crippen molar-refractivity contribution in [1.29, 1.82) is 0 Å². The van der Waals surface area contributed by atoms with Crippen LogP contribution in [0.25, 0.3) is 0 Å². The molecule has 15 heavy (non-hydrogen) atoms. The second kappa shape index (κ2) is 4.71. The van der Waals surface area contributed by atoms with E-state index in [9.17, 15) is 13.9 Å². The quantitative estimate of drug-likeness (QED) is 0.818. The molecule has 1 atom stereocenters. The second-order valence-electron chi connectivity index (χ2n) is 4.24. The number of aliphatic hydroxyl groups is 1. The molecule has 0 saturated heterocycles. The number of aryl methyl sites for hydroxylation is 1. The van der Waals surface area contributed by atoms with Gasteiger partial charge in [0.2, 0.25) is 0 Å². The second-order valence-corrected chi connectivity index (χ2v) is 4.24. The van der Waals surface area contributed by atoms with E-state index in [0.717, 1.165) is 0 Å². The highest BCUT2D eigenvalue weighted by Crippen LogP contribution is 2.27. The molecule has 1 aromatic carbocycles. The third-order valence-electron chi connectivity index (χ3n) is 2.35. The van der Waals surface area contributed by atoms with Crippen LogP contribution in [-0.2, 0) is 0 Å². The third kappa shape index (κ3) is 2.75. The molecule has 3 heteroatoms. The molecule has 1 unspecified atom stereocenters. The van der Waals surface area contributed by atoms with E-state index in [-0.39, 0.29) is 11.5 Å². The number of benzene rings is 1. The van der Waals surface area contributed by atoms with Gasteiger partial charge >= 0.3 is 0 Å². The van der Waals surface area contributed by atoms with E-state index in [1.807, 2.05) is 13.8 Å². The Labute approximate surface area is 88.7 Å². The van der Waals surface area contributed by atoms with E-state index in [1.54, 1.807) is 6.92 Å². The zero-order valence-electron chi connectivity index (χ0n) is 9.22. The average Bonchev–Trinajstić information content (AvgIpc) is 2.11. The summed E-state index contributed by atoms with van der Waals surface area (Å²) in [6.45, 7) is 5.35. The Bertz CT molecular complexity index is 348. The van der Waals surface area contributed by atoms with Gasteiger partial charge in [0.05, 0.1) is 11.7 Å². The lowest BCUT2D eigenvalue weighted by Gasteiger charge is -2.15. The Morgan fingerprint density at radius 3 is 2.40 bits per heavy atom. The first kappa shape index (κ1) is 12.1. The number of hydrogen-bond donors (Lipinski definition) is 1. The van der Waals surface area contributed by atoms with Gasteiger partial charge in [-0.25, -0.2) is 8.78 Å². The van der Waals surface area contributed by atoms with Crippen LogP contribution < -0.4 is 0 Å². The third-order valence-corrected chi connectivity index (χ3v) is 2.35. The van der Waals surface area contributed by atoms with Gasteiger partial charge in [-0.05, 0) is 30.9 Å². The van der Waals surface area contributed by atoms with Crippen molar-refractivity contribution in [1.82, 2.24) is 0 Å². The molecule has 0 amide bonds. The van der Waals surface area contributed by atoms with E-state index in [2.05, 4.69) is 0 Å². The van der Waals surface area contributed by atoms with Crippen LogP contribution in [0.5, 0.6) is 0 Å². The molecule has 0 radical (unpaired) electrons. The first-order valence-electron chi connectivity index (χ1n) is 5.06. The Morgan fingerprint density at radius 2 is 1.87 bits per heavy atom. The molecule has 84 valence electrons. The largest absolute Gasteiger partial charge is 0.388 e. The minimum atomic E-state index is -1.06. The molecule has 0 aromatic heterocycles. The van der Waals surface area contributed by atoms with Gasteiger partial charge in [0.25, 0.3) is 0 Å². The van der Waals surface area contributed by atoms with Gasteiger partial charge in [0.15, 0.2) is 0 Å². The zero-order chi connectivity index (χ0) is 11.6. The van der Waals surface area contributed by atoms with Gasteiger partial charge < -0.3 is 5.11 Å².